The lowest BCUT2D eigenvalue weighted by molar-refractivity contribution is -0.148. The summed E-state index contributed by atoms with van der Waals surface area (Å²) in [4.78, 5) is 13.5. The molecule has 17 heavy (non-hydrogen) atoms. The maximum atomic E-state index is 11.3. The summed E-state index contributed by atoms with van der Waals surface area (Å²) in [6.07, 6.45) is 0.607. The zero-order chi connectivity index (χ0) is 13.3. The average molecular weight is 246 g/mol. The van der Waals surface area contributed by atoms with E-state index in [0.717, 1.165) is 13.2 Å². The third-order valence-electron chi connectivity index (χ3n) is 2.68. The van der Waals surface area contributed by atoms with Gasteiger partial charge in [0.1, 0.15) is 12.6 Å². The standard InChI is InChI=1S/C10H20N2O3.C2H6/c1-3-9(11)10(13)15-7-8-6-14-5-4-12(8)2;1-2/h8-9H,3-7,11H2,1-2H3;1-2H3. The molecule has 102 valence electrons. The summed E-state index contributed by atoms with van der Waals surface area (Å²) in [5, 5.41) is 0. The molecule has 1 fully saturated rings. The number of hydrogen-bond donors (Lipinski definition) is 1. The average Bonchev–Trinajstić information content (AvgIpc) is 2.38. The number of likely N-dealkylation sites (N-methyl/N-ethyl adjacent to an activating group) is 1. The Bertz CT molecular complexity index is 212. The van der Waals surface area contributed by atoms with Crippen LogP contribution in [0.15, 0.2) is 0 Å². The number of esters is 1. The van der Waals surface area contributed by atoms with E-state index in [-0.39, 0.29) is 12.0 Å². The van der Waals surface area contributed by atoms with Crippen molar-refractivity contribution in [2.45, 2.75) is 39.3 Å². The molecule has 0 aromatic carbocycles. The van der Waals surface area contributed by atoms with Gasteiger partial charge in [0.2, 0.25) is 0 Å². The zero-order valence-corrected chi connectivity index (χ0v) is 11.4. The van der Waals surface area contributed by atoms with Crippen LogP contribution < -0.4 is 5.73 Å². The van der Waals surface area contributed by atoms with E-state index in [0.29, 0.717) is 19.6 Å². The summed E-state index contributed by atoms with van der Waals surface area (Å²) < 4.78 is 10.4. The van der Waals surface area contributed by atoms with E-state index in [1.807, 2.05) is 27.8 Å². The molecule has 1 saturated heterocycles. The maximum absolute atomic E-state index is 11.3. The van der Waals surface area contributed by atoms with Crippen LogP contribution in [0.2, 0.25) is 0 Å². The molecule has 0 radical (unpaired) electrons. The molecule has 0 spiro atoms. The van der Waals surface area contributed by atoms with Gasteiger partial charge in [-0.15, -0.1) is 0 Å². The van der Waals surface area contributed by atoms with E-state index >= 15 is 0 Å². The van der Waals surface area contributed by atoms with E-state index in [1.54, 1.807) is 0 Å². The third-order valence-corrected chi connectivity index (χ3v) is 2.68. The molecule has 5 nitrogen and oxygen atoms in total. The van der Waals surface area contributed by atoms with Crippen molar-refractivity contribution in [1.82, 2.24) is 4.90 Å². The molecule has 0 aliphatic carbocycles. The highest BCUT2D eigenvalue weighted by molar-refractivity contribution is 5.75. The Morgan fingerprint density at radius 1 is 1.59 bits per heavy atom. The lowest BCUT2D eigenvalue weighted by Gasteiger charge is -2.31. The molecule has 0 aromatic heterocycles. The predicted octanol–water partition coefficient (Wildman–Crippen LogP) is 0.624. The van der Waals surface area contributed by atoms with Crippen molar-refractivity contribution in [2.24, 2.45) is 5.73 Å². The largest absolute Gasteiger partial charge is 0.463 e. The quantitative estimate of drug-likeness (QED) is 0.737. The topological polar surface area (TPSA) is 64.8 Å². The Morgan fingerprint density at radius 3 is 2.76 bits per heavy atom. The fraction of sp³-hybridized carbons (Fsp3) is 0.917. The monoisotopic (exact) mass is 246 g/mol. The van der Waals surface area contributed by atoms with Gasteiger partial charge >= 0.3 is 5.97 Å². The summed E-state index contributed by atoms with van der Waals surface area (Å²) in [5.41, 5.74) is 5.55. The van der Waals surface area contributed by atoms with Gasteiger partial charge in [0.25, 0.3) is 0 Å². The van der Waals surface area contributed by atoms with Gasteiger partial charge in [-0.2, -0.15) is 0 Å². The van der Waals surface area contributed by atoms with Crippen LogP contribution in [0.25, 0.3) is 0 Å². The second kappa shape index (κ2) is 9.39. The first-order valence-electron chi connectivity index (χ1n) is 6.35. The molecule has 1 aliphatic heterocycles. The number of rotatable bonds is 4. The Hall–Kier alpha value is -0.650. The van der Waals surface area contributed by atoms with E-state index < -0.39 is 6.04 Å². The lowest BCUT2D eigenvalue weighted by atomic mass is 10.2. The number of morpholine rings is 1. The van der Waals surface area contributed by atoms with Gasteiger partial charge in [0.15, 0.2) is 0 Å². The molecule has 0 bridgehead atoms. The van der Waals surface area contributed by atoms with Crippen LogP contribution in [0.4, 0.5) is 0 Å². The normalized spacial score (nSPS) is 22.3. The van der Waals surface area contributed by atoms with Gasteiger partial charge < -0.3 is 15.2 Å². The maximum Gasteiger partial charge on any atom is 0.322 e. The number of hydrogen-bond acceptors (Lipinski definition) is 5. The first-order chi connectivity index (χ1) is 8.15. The van der Waals surface area contributed by atoms with Gasteiger partial charge in [-0.05, 0) is 13.5 Å². The molecule has 2 atom stereocenters. The molecule has 0 amide bonds. The third kappa shape index (κ3) is 6.00. The predicted molar refractivity (Wildman–Crippen MR) is 67.8 cm³/mol. The second-order valence-corrected chi connectivity index (χ2v) is 3.85. The summed E-state index contributed by atoms with van der Waals surface area (Å²) in [5.74, 6) is -0.323. The van der Waals surface area contributed by atoms with Crippen LogP contribution in [0.5, 0.6) is 0 Å². The molecule has 0 saturated carbocycles. The van der Waals surface area contributed by atoms with E-state index in [4.69, 9.17) is 15.2 Å². The summed E-state index contributed by atoms with van der Waals surface area (Å²) in [6, 6.07) is -0.341. The molecular weight excluding hydrogens is 220 g/mol. The molecule has 0 aromatic rings. The van der Waals surface area contributed by atoms with Crippen LogP contribution in [0.1, 0.15) is 27.2 Å². The molecule has 2 N–H and O–H groups in total. The number of carbonyl (C=O) groups excluding carboxylic acids is 1. The fourth-order valence-electron chi connectivity index (χ4n) is 1.37. The minimum absolute atomic E-state index is 0.159. The summed E-state index contributed by atoms with van der Waals surface area (Å²) in [7, 11) is 2.00. The SMILES string of the molecule is CC.CCC(N)C(=O)OCC1COCCN1C. The molecule has 2 unspecified atom stereocenters. The Labute approximate surface area is 104 Å². The van der Waals surface area contributed by atoms with Crippen LogP contribution in [-0.4, -0.2) is 56.4 Å². The first kappa shape index (κ1) is 16.4. The van der Waals surface area contributed by atoms with Crippen molar-refractivity contribution >= 4 is 5.97 Å². The number of carbonyl (C=O) groups is 1. The summed E-state index contributed by atoms with van der Waals surface area (Å²) in [6.45, 7) is 8.47. The Kier molecular flexibility index (Phi) is 9.03. The number of nitrogens with two attached hydrogens (primary N) is 1. The Balaban J connectivity index is 0.00000121. The number of nitrogens with zero attached hydrogens (tertiary/aromatic N) is 1. The minimum Gasteiger partial charge on any atom is -0.463 e. The van der Waals surface area contributed by atoms with Crippen LogP contribution >= 0.6 is 0 Å². The van der Waals surface area contributed by atoms with Gasteiger partial charge in [0, 0.05) is 6.54 Å². The first-order valence-corrected chi connectivity index (χ1v) is 6.35. The summed E-state index contributed by atoms with van der Waals surface area (Å²) >= 11 is 0. The fourth-order valence-corrected chi connectivity index (χ4v) is 1.37. The smallest absolute Gasteiger partial charge is 0.322 e. The van der Waals surface area contributed by atoms with Crippen LogP contribution in [-0.2, 0) is 14.3 Å². The van der Waals surface area contributed by atoms with Crippen molar-refractivity contribution in [3.05, 3.63) is 0 Å². The van der Waals surface area contributed by atoms with Crippen LogP contribution in [0, 0.1) is 0 Å². The highest BCUT2D eigenvalue weighted by Crippen LogP contribution is 2.05. The second-order valence-electron chi connectivity index (χ2n) is 3.85. The Morgan fingerprint density at radius 2 is 2.24 bits per heavy atom. The van der Waals surface area contributed by atoms with Crippen molar-refractivity contribution < 1.29 is 14.3 Å². The highest BCUT2D eigenvalue weighted by atomic mass is 16.5. The van der Waals surface area contributed by atoms with E-state index in [2.05, 4.69) is 4.90 Å². The van der Waals surface area contributed by atoms with Gasteiger partial charge in [-0.25, -0.2) is 0 Å². The van der Waals surface area contributed by atoms with Crippen molar-refractivity contribution in [2.75, 3.05) is 33.4 Å². The zero-order valence-electron chi connectivity index (χ0n) is 11.4. The molecule has 1 rings (SSSR count). The van der Waals surface area contributed by atoms with E-state index in [1.165, 1.54) is 0 Å². The molecule has 5 heteroatoms. The van der Waals surface area contributed by atoms with Gasteiger partial charge in [-0.1, -0.05) is 20.8 Å². The van der Waals surface area contributed by atoms with Crippen molar-refractivity contribution in [3.63, 3.8) is 0 Å². The number of ether oxygens (including phenoxy) is 2. The van der Waals surface area contributed by atoms with Crippen molar-refractivity contribution in [3.8, 4) is 0 Å². The van der Waals surface area contributed by atoms with Crippen molar-refractivity contribution in [1.29, 1.82) is 0 Å². The van der Waals surface area contributed by atoms with E-state index in [9.17, 15) is 4.79 Å². The van der Waals surface area contributed by atoms with Gasteiger partial charge in [-0.3, -0.25) is 9.69 Å². The molecule has 1 heterocycles. The van der Waals surface area contributed by atoms with Gasteiger partial charge in [0.05, 0.1) is 19.3 Å². The lowest BCUT2D eigenvalue weighted by Crippen LogP contribution is -2.46. The van der Waals surface area contributed by atoms with Crippen LogP contribution in [0.3, 0.4) is 0 Å². The highest BCUT2D eigenvalue weighted by Gasteiger charge is 2.22. The molecule has 1 aliphatic rings. The molecular formula is C12H26N2O3. The minimum atomic E-state index is -0.500.